The third-order valence-corrected chi connectivity index (χ3v) is 14.2. The topological polar surface area (TPSA) is 149 Å². The zero-order valence-corrected chi connectivity index (χ0v) is 45.1. The zero-order valence-electron chi connectivity index (χ0n) is 45.1. The van der Waals surface area contributed by atoms with E-state index in [9.17, 15) is 30.3 Å². The van der Waals surface area contributed by atoms with E-state index in [2.05, 4.69) is 43.5 Å². The first-order valence-electron chi connectivity index (χ1n) is 29.7. The number of ether oxygens (including phenoxy) is 2. The number of hydrogen-bond donors (Lipinski definition) is 6. The summed E-state index contributed by atoms with van der Waals surface area (Å²) in [5.41, 5.74) is 0. The molecule has 7 unspecified atom stereocenters. The highest BCUT2D eigenvalue weighted by Gasteiger charge is 2.44. The van der Waals surface area contributed by atoms with Crippen molar-refractivity contribution >= 4 is 5.91 Å². The standard InChI is InChI=1S/C60H113NO8/c1-3-5-7-9-11-12-13-14-15-16-17-18-19-20-21-22-23-24-25-26-27-28-29-30-31-32-33-34-35-36-37-38-39-40-41-42-44-46-48-50-56(64)61-53(54(63)49-47-45-43-10-8-6-4-2)52-68-60-59(67)58(66)57(65)55(51-62)69-60/h13-14,16-17,47,49,53-55,57-60,62-63,65-67H,3-12,15,18-46,48,50-52H2,1-2H3,(H,61,64)/b14-13-,17-16-,49-47+. The monoisotopic (exact) mass is 976 g/mol. The van der Waals surface area contributed by atoms with Crippen LogP contribution >= 0.6 is 0 Å². The molecule has 9 heteroatoms. The summed E-state index contributed by atoms with van der Waals surface area (Å²) >= 11 is 0. The SMILES string of the molecule is CCCCCCC/C=C\C/C=C\CCCCCCCCCCCCCCCCCCCCCCCCCCCCCC(=O)NC(COC1OC(CO)C(O)C(O)C1O)C(O)/C=C/CCCCCCC. The van der Waals surface area contributed by atoms with E-state index < -0.39 is 49.5 Å². The molecule has 1 saturated heterocycles. The molecular formula is C60H113NO8. The van der Waals surface area contributed by atoms with Crippen molar-refractivity contribution < 1.29 is 39.8 Å². The molecule has 406 valence electrons. The summed E-state index contributed by atoms with van der Waals surface area (Å²) < 4.78 is 11.2. The molecule has 0 aromatic heterocycles. The number of carbonyl (C=O) groups is 1. The molecule has 0 spiro atoms. The van der Waals surface area contributed by atoms with Crippen LogP contribution < -0.4 is 5.32 Å². The van der Waals surface area contributed by atoms with Crippen molar-refractivity contribution in [2.24, 2.45) is 0 Å². The Balaban J connectivity index is 1.95. The Kier molecular flexibility index (Phi) is 47.4. The maximum absolute atomic E-state index is 12.9. The van der Waals surface area contributed by atoms with Gasteiger partial charge in [-0.15, -0.1) is 0 Å². The Hall–Kier alpha value is -1.59. The Morgan fingerprint density at radius 1 is 0.493 bits per heavy atom. The van der Waals surface area contributed by atoms with Crippen molar-refractivity contribution in [3.63, 3.8) is 0 Å². The van der Waals surface area contributed by atoms with Gasteiger partial charge in [-0.2, -0.15) is 0 Å². The number of unbranched alkanes of at least 4 members (excludes halogenated alkanes) is 37. The van der Waals surface area contributed by atoms with Crippen LogP contribution in [0.25, 0.3) is 0 Å². The first-order chi connectivity index (χ1) is 33.8. The van der Waals surface area contributed by atoms with Crippen LogP contribution in [0, 0.1) is 0 Å². The summed E-state index contributed by atoms with van der Waals surface area (Å²) in [6, 6.07) is -0.799. The molecule has 0 saturated carbocycles. The van der Waals surface area contributed by atoms with Gasteiger partial charge >= 0.3 is 0 Å². The third kappa shape index (κ3) is 39.6. The van der Waals surface area contributed by atoms with E-state index in [0.29, 0.717) is 6.42 Å². The summed E-state index contributed by atoms with van der Waals surface area (Å²) in [5, 5.41) is 54.0. The molecule has 69 heavy (non-hydrogen) atoms. The van der Waals surface area contributed by atoms with Gasteiger partial charge in [-0.1, -0.05) is 262 Å². The van der Waals surface area contributed by atoms with Crippen LogP contribution in [0.3, 0.4) is 0 Å². The molecular weight excluding hydrogens is 863 g/mol. The van der Waals surface area contributed by atoms with Gasteiger partial charge in [0.25, 0.3) is 0 Å². The predicted molar refractivity (Wildman–Crippen MR) is 290 cm³/mol. The maximum atomic E-state index is 12.9. The first kappa shape index (κ1) is 65.4. The highest BCUT2D eigenvalue weighted by atomic mass is 16.7. The van der Waals surface area contributed by atoms with Crippen LogP contribution in [0.2, 0.25) is 0 Å². The third-order valence-electron chi connectivity index (χ3n) is 14.2. The van der Waals surface area contributed by atoms with E-state index in [1.54, 1.807) is 6.08 Å². The van der Waals surface area contributed by atoms with Gasteiger partial charge in [-0.05, 0) is 51.4 Å². The molecule has 1 aliphatic rings. The number of carbonyl (C=O) groups excluding carboxylic acids is 1. The molecule has 1 amide bonds. The second-order valence-electron chi connectivity index (χ2n) is 20.8. The number of rotatable bonds is 51. The van der Waals surface area contributed by atoms with E-state index in [1.165, 1.54) is 218 Å². The molecule has 1 fully saturated rings. The molecule has 7 atom stereocenters. The lowest BCUT2D eigenvalue weighted by Crippen LogP contribution is -2.60. The van der Waals surface area contributed by atoms with E-state index in [1.807, 2.05) is 6.08 Å². The zero-order chi connectivity index (χ0) is 50.1. The number of hydrogen-bond acceptors (Lipinski definition) is 8. The smallest absolute Gasteiger partial charge is 0.220 e. The van der Waals surface area contributed by atoms with Gasteiger partial charge in [0.1, 0.15) is 24.4 Å². The summed E-state index contributed by atoms with van der Waals surface area (Å²) in [6.45, 7) is 3.72. The average molecular weight is 977 g/mol. The van der Waals surface area contributed by atoms with Gasteiger partial charge in [-0.25, -0.2) is 0 Å². The number of aliphatic hydroxyl groups is 5. The summed E-state index contributed by atoms with van der Waals surface area (Å²) in [5.74, 6) is -0.177. The van der Waals surface area contributed by atoms with Gasteiger partial charge in [0.05, 0.1) is 25.4 Å². The van der Waals surface area contributed by atoms with Crippen LogP contribution in [0.4, 0.5) is 0 Å². The largest absolute Gasteiger partial charge is 0.394 e. The lowest BCUT2D eigenvalue weighted by molar-refractivity contribution is -0.302. The maximum Gasteiger partial charge on any atom is 0.220 e. The van der Waals surface area contributed by atoms with E-state index in [4.69, 9.17) is 9.47 Å². The van der Waals surface area contributed by atoms with Crippen LogP contribution in [0.1, 0.15) is 284 Å². The Morgan fingerprint density at radius 2 is 0.855 bits per heavy atom. The van der Waals surface area contributed by atoms with Crippen molar-refractivity contribution in [1.29, 1.82) is 0 Å². The minimum absolute atomic E-state index is 0.177. The minimum atomic E-state index is -1.56. The fraction of sp³-hybridized carbons (Fsp3) is 0.883. The van der Waals surface area contributed by atoms with Crippen LogP contribution in [-0.4, -0.2) is 87.5 Å². The lowest BCUT2D eigenvalue weighted by atomic mass is 9.99. The van der Waals surface area contributed by atoms with Gasteiger partial charge < -0.3 is 40.3 Å². The van der Waals surface area contributed by atoms with E-state index >= 15 is 0 Å². The van der Waals surface area contributed by atoms with Crippen molar-refractivity contribution in [3.05, 3.63) is 36.5 Å². The minimum Gasteiger partial charge on any atom is -0.394 e. The van der Waals surface area contributed by atoms with Crippen LogP contribution in [0.15, 0.2) is 36.5 Å². The number of amides is 1. The summed E-state index contributed by atoms with van der Waals surface area (Å²) in [7, 11) is 0. The molecule has 0 aromatic rings. The molecule has 9 nitrogen and oxygen atoms in total. The molecule has 1 rings (SSSR count). The Bertz CT molecular complexity index is 1180. The Morgan fingerprint density at radius 3 is 1.25 bits per heavy atom. The van der Waals surface area contributed by atoms with Crippen molar-refractivity contribution in [3.8, 4) is 0 Å². The quantitative estimate of drug-likeness (QED) is 0.0261. The number of nitrogens with one attached hydrogen (secondary N) is 1. The van der Waals surface area contributed by atoms with Crippen molar-refractivity contribution in [2.45, 2.75) is 326 Å². The molecule has 1 heterocycles. The van der Waals surface area contributed by atoms with Crippen LogP contribution in [0.5, 0.6) is 0 Å². The van der Waals surface area contributed by atoms with Crippen molar-refractivity contribution in [2.75, 3.05) is 13.2 Å². The molecule has 1 aliphatic heterocycles. The molecule has 6 N–H and O–H groups in total. The summed E-state index contributed by atoms with van der Waals surface area (Å²) in [6.07, 6.45) is 58.6. The van der Waals surface area contributed by atoms with Crippen LogP contribution in [-0.2, 0) is 14.3 Å². The van der Waals surface area contributed by atoms with E-state index in [0.717, 1.165) is 44.9 Å². The normalized spacial score (nSPS) is 19.7. The highest BCUT2D eigenvalue weighted by molar-refractivity contribution is 5.76. The first-order valence-corrected chi connectivity index (χ1v) is 29.7. The number of allylic oxidation sites excluding steroid dienone is 5. The van der Waals surface area contributed by atoms with Gasteiger partial charge in [0, 0.05) is 6.42 Å². The number of aliphatic hydroxyl groups excluding tert-OH is 5. The molecule has 0 bridgehead atoms. The molecule has 0 aromatic carbocycles. The van der Waals surface area contributed by atoms with Gasteiger partial charge in [0.15, 0.2) is 6.29 Å². The summed E-state index contributed by atoms with van der Waals surface area (Å²) in [4.78, 5) is 12.9. The lowest BCUT2D eigenvalue weighted by Gasteiger charge is -2.40. The highest BCUT2D eigenvalue weighted by Crippen LogP contribution is 2.23. The van der Waals surface area contributed by atoms with Crippen molar-refractivity contribution in [1.82, 2.24) is 5.32 Å². The van der Waals surface area contributed by atoms with Gasteiger partial charge in [0.2, 0.25) is 5.91 Å². The predicted octanol–water partition coefficient (Wildman–Crippen LogP) is 14.7. The molecule has 0 radical (unpaired) electrons. The van der Waals surface area contributed by atoms with Gasteiger partial charge in [-0.3, -0.25) is 4.79 Å². The second kappa shape index (κ2) is 50.0. The van der Waals surface area contributed by atoms with E-state index in [-0.39, 0.29) is 12.5 Å². The second-order valence-corrected chi connectivity index (χ2v) is 20.8. The fourth-order valence-corrected chi connectivity index (χ4v) is 9.48. The average Bonchev–Trinajstić information content (AvgIpc) is 3.35. The Labute approximate surface area is 425 Å². The fourth-order valence-electron chi connectivity index (χ4n) is 9.48. The molecule has 0 aliphatic carbocycles.